The lowest BCUT2D eigenvalue weighted by atomic mass is 10.0. The quantitative estimate of drug-likeness (QED) is 0.447. The van der Waals surface area contributed by atoms with Crippen LogP contribution in [0.5, 0.6) is 5.75 Å². The van der Waals surface area contributed by atoms with Crippen molar-refractivity contribution in [3.8, 4) is 5.75 Å². The van der Waals surface area contributed by atoms with E-state index in [0.29, 0.717) is 11.4 Å². The van der Waals surface area contributed by atoms with Crippen molar-refractivity contribution in [2.45, 2.75) is 20.0 Å². The molecule has 0 radical (unpaired) electrons. The standard InChI is InChI=1S/C20H18F3NO3/c1-12-4-9-17(13(2)10-12)24-11-16(19(26)20(21,22)23)18(25)14-5-7-15(27-3)8-6-14/h4-11,25H,1-3H3/b18-16-,24-11?. The zero-order valence-corrected chi connectivity index (χ0v) is 15.0. The molecule has 0 aliphatic rings. The summed E-state index contributed by atoms with van der Waals surface area (Å²) in [5.41, 5.74) is 1.20. The summed E-state index contributed by atoms with van der Waals surface area (Å²) in [6.45, 7) is 3.62. The Morgan fingerprint density at radius 3 is 2.26 bits per heavy atom. The van der Waals surface area contributed by atoms with Crippen LogP contribution in [-0.2, 0) is 4.79 Å². The number of aryl methyl sites for hydroxylation is 2. The van der Waals surface area contributed by atoms with Gasteiger partial charge in [-0.15, -0.1) is 0 Å². The number of aliphatic hydroxyl groups is 1. The topological polar surface area (TPSA) is 58.9 Å². The van der Waals surface area contributed by atoms with Gasteiger partial charge < -0.3 is 9.84 Å². The molecular formula is C20H18F3NO3. The number of Topliss-reactive ketones (excluding diaryl/α,β-unsaturated/α-hetero) is 1. The van der Waals surface area contributed by atoms with Gasteiger partial charge in [0.15, 0.2) is 0 Å². The van der Waals surface area contributed by atoms with Gasteiger partial charge >= 0.3 is 6.18 Å². The van der Waals surface area contributed by atoms with Crippen LogP contribution in [0.4, 0.5) is 18.9 Å². The van der Waals surface area contributed by atoms with E-state index in [1.165, 1.54) is 31.4 Å². The molecule has 0 unspecified atom stereocenters. The number of aliphatic imine (C=N–C) groups is 1. The molecule has 2 aromatic carbocycles. The molecule has 0 saturated heterocycles. The number of benzene rings is 2. The average molecular weight is 377 g/mol. The Kier molecular flexibility index (Phi) is 6.05. The number of hydrogen-bond donors (Lipinski definition) is 1. The van der Waals surface area contributed by atoms with Crippen LogP contribution in [0.25, 0.3) is 5.76 Å². The van der Waals surface area contributed by atoms with Gasteiger partial charge in [-0.25, -0.2) is 0 Å². The lowest BCUT2D eigenvalue weighted by Crippen LogP contribution is -2.26. The molecule has 0 bridgehead atoms. The molecule has 4 nitrogen and oxygen atoms in total. The molecule has 27 heavy (non-hydrogen) atoms. The Bertz CT molecular complexity index is 898. The summed E-state index contributed by atoms with van der Waals surface area (Å²) in [5, 5.41) is 10.3. The van der Waals surface area contributed by atoms with Crippen molar-refractivity contribution in [2.24, 2.45) is 4.99 Å². The predicted octanol–water partition coefficient (Wildman–Crippen LogP) is 5.12. The zero-order chi connectivity index (χ0) is 20.2. The number of nitrogens with zero attached hydrogens (tertiary/aromatic N) is 1. The fourth-order valence-corrected chi connectivity index (χ4v) is 2.37. The molecule has 0 aliphatic heterocycles. The fourth-order valence-electron chi connectivity index (χ4n) is 2.37. The van der Waals surface area contributed by atoms with E-state index >= 15 is 0 Å². The zero-order valence-electron chi connectivity index (χ0n) is 15.0. The van der Waals surface area contributed by atoms with Gasteiger partial charge in [0.05, 0.1) is 18.4 Å². The molecule has 0 atom stereocenters. The third kappa shape index (κ3) is 4.97. The summed E-state index contributed by atoms with van der Waals surface area (Å²) < 4.78 is 43.9. The van der Waals surface area contributed by atoms with E-state index in [2.05, 4.69) is 4.99 Å². The first kappa shape index (κ1) is 20.2. The van der Waals surface area contributed by atoms with E-state index in [9.17, 15) is 23.1 Å². The Morgan fingerprint density at radius 2 is 1.74 bits per heavy atom. The Labute approximate surface area is 154 Å². The van der Waals surface area contributed by atoms with Crippen molar-refractivity contribution in [1.82, 2.24) is 0 Å². The van der Waals surface area contributed by atoms with Gasteiger partial charge in [0.25, 0.3) is 5.78 Å². The number of alkyl halides is 3. The molecule has 0 aliphatic carbocycles. The van der Waals surface area contributed by atoms with Crippen LogP contribution in [-0.4, -0.2) is 30.4 Å². The summed E-state index contributed by atoms with van der Waals surface area (Å²) in [6.07, 6.45) is -4.41. The molecule has 0 saturated carbocycles. The second-order valence-electron chi connectivity index (χ2n) is 5.87. The maximum absolute atomic E-state index is 13.0. The normalized spacial score (nSPS) is 12.8. The van der Waals surface area contributed by atoms with Gasteiger partial charge in [0.2, 0.25) is 0 Å². The van der Waals surface area contributed by atoms with Gasteiger partial charge in [-0.2, -0.15) is 13.2 Å². The second-order valence-corrected chi connectivity index (χ2v) is 5.87. The first-order chi connectivity index (χ1) is 12.6. The molecule has 2 aromatic rings. The lowest BCUT2D eigenvalue weighted by Gasteiger charge is -2.10. The first-order valence-electron chi connectivity index (χ1n) is 7.94. The number of allylic oxidation sites excluding steroid dienone is 1. The van der Waals surface area contributed by atoms with Crippen molar-refractivity contribution in [2.75, 3.05) is 7.11 Å². The molecule has 0 aromatic heterocycles. The van der Waals surface area contributed by atoms with Crippen LogP contribution in [0.15, 0.2) is 53.0 Å². The van der Waals surface area contributed by atoms with Gasteiger partial charge in [-0.1, -0.05) is 17.7 Å². The molecular weight excluding hydrogens is 359 g/mol. The van der Waals surface area contributed by atoms with Crippen molar-refractivity contribution >= 4 is 23.4 Å². The minimum absolute atomic E-state index is 0.0375. The number of carbonyl (C=O) groups excluding carboxylic acids is 1. The molecule has 0 heterocycles. The Balaban J connectivity index is 2.53. The summed E-state index contributed by atoms with van der Waals surface area (Å²) in [5.74, 6) is -2.53. The summed E-state index contributed by atoms with van der Waals surface area (Å²) in [6, 6.07) is 10.8. The van der Waals surface area contributed by atoms with Crippen LogP contribution in [0, 0.1) is 13.8 Å². The number of carbonyl (C=O) groups is 1. The van der Waals surface area contributed by atoms with Crippen molar-refractivity contribution in [1.29, 1.82) is 0 Å². The van der Waals surface area contributed by atoms with Crippen LogP contribution >= 0.6 is 0 Å². The van der Waals surface area contributed by atoms with E-state index in [4.69, 9.17) is 4.74 Å². The van der Waals surface area contributed by atoms with Crippen LogP contribution in [0.1, 0.15) is 16.7 Å². The smallest absolute Gasteiger partial charge is 0.455 e. The lowest BCUT2D eigenvalue weighted by molar-refractivity contribution is -0.165. The molecule has 2 rings (SSSR count). The summed E-state index contributed by atoms with van der Waals surface area (Å²) in [7, 11) is 1.43. The van der Waals surface area contributed by atoms with Crippen molar-refractivity contribution < 1.29 is 27.8 Å². The number of aliphatic hydroxyl groups excluding tert-OH is 1. The number of ether oxygens (including phenoxy) is 1. The molecule has 1 N–H and O–H groups in total. The first-order valence-corrected chi connectivity index (χ1v) is 7.94. The molecule has 142 valence electrons. The molecule has 0 fully saturated rings. The molecule has 0 spiro atoms. The van der Waals surface area contributed by atoms with Gasteiger partial charge in [-0.05, 0) is 49.7 Å². The third-order valence-electron chi connectivity index (χ3n) is 3.81. The number of hydrogen-bond acceptors (Lipinski definition) is 4. The van der Waals surface area contributed by atoms with Crippen LogP contribution in [0.3, 0.4) is 0 Å². The highest BCUT2D eigenvalue weighted by Gasteiger charge is 2.41. The average Bonchev–Trinajstić information content (AvgIpc) is 2.62. The largest absolute Gasteiger partial charge is 0.506 e. The highest BCUT2D eigenvalue weighted by atomic mass is 19.4. The second kappa shape index (κ2) is 8.07. The SMILES string of the molecule is COc1ccc(/C(O)=C(\C=Nc2ccc(C)cc2C)C(=O)C(F)(F)F)cc1. The highest BCUT2D eigenvalue weighted by Crippen LogP contribution is 2.27. The van der Waals surface area contributed by atoms with E-state index in [1.54, 1.807) is 19.1 Å². The van der Waals surface area contributed by atoms with Gasteiger partial charge in [0, 0.05) is 11.8 Å². The third-order valence-corrected chi connectivity index (χ3v) is 3.81. The fraction of sp³-hybridized carbons (Fsp3) is 0.200. The van der Waals surface area contributed by atoms with Crippen molar-refractivity contribution in [3.05, 3.63) is 64.7 Å². The minimum atomic E-state index is -5.15. The molecule has 0 amide bonds. The van der Waals surface area contributed by atoms with E-state index in [1.807, 2.05) is 13.0 Å². The monoisotopic (exact) mass is 377 g/mol. The number of ketones is 1. The number of halogens is 3. The molecule has 7 heteroatoms. The maximum Gasteiger partial charge on any atom is 0.455 e. The number of methoxy groups -OCH3 is 1. The van der Waals surface area contributed by atoms with Crippen LogP contribution < -0.4 is 4.74 Å². The summed E-state index contributed by atoms with van der Waals surface area (Å²) >= 11 is 0. The predicted molar refractivity (Wildman–Crippen MR) is 97.7 cm³/mol. The van der Waals surface area contributed by atoms with E-state index in [0.717, 1.165) is 17.3 Å². The van der Waals surface area contributed by atoms with Gasteiger partial charge in [0.1, 0.15) is 11.5 Å². The van der Waals surface area contributed by atoms with Crippen molar-refractivity contribution in [3.63, 3.8) is 0 Å². The Morgan fingerprint density at radius 1 is 1.11 bits per heavy atom. The Hall–Kier alpha value is -3.09. The number of rotatable bonds is 5. The van der Waals surface area contributed by atoms with E-state index < -0.39 is 23.3 Å². The van der Waals surface area contributed by atoms with Crippen LogP contribution in [0.2, 0.25) is 0 Å². The highest BCUT2D eigenvalue weighted by molar-refractivity contribution is 6.20. The summed E-state index contributed by atoms with van der Waals surface area (Å²) in [4.78, 5) is 15.8. The maximum atomic E-state index is 13.0. The van der Waals surface area contributed by atoms with E-state index in [-0.39, 0.29) is 5.56 Å². The minimum Gasteiger partial charge on any atom is -0.506 e. The van der Waals surface area contributed by atoms with Gasteiger partial charge in [-0.3, -0.25) is 9.79 Å².